The van der Waals surface area contributed by atoms with Gasteiger partial charge in [0.1, 0.15) is 0 Å². The summed E-state index contributed by atoms with van der Waals surface area (Å²) in [5.41, 5.74) is 1.23. The lowest BCUT2D eigenvalue weighted by atomic mass is 9.93. The van der Waals surface area contributed by atoms with E-state index in [0.29, 0.717) is 5.92 Å². The lowest BCUT2D eigenvalue weighted by Gasteiger charge is -2.31. The number of carbonyl (C=O) groups excluding carboxylic acids is 1. The molecule has 2 aromatic heterocycles. The molecule has 2 aromatic rings. The molecule has 0 aliphatic carbocycles. The molecule has 3 heterocycles. The van der Waals surface area contributed by atoms with Gasteiger partial charge in [-0.3, -0.25) is 9.48 Å². The van der Waals surface area contributed by atoms with Crippen LogP contribution in [-0.2, 0) is 11.8 Å². The van der Waals surface area contributed by atoms with Gasteiger partial charge < -0.3 is 4.90 Å². The molecule has 4 nitrogen and oxygen atoms in total. The molecule has 0 aromatic carbocycles. The highest BCUT2D eigenvalue weighted by Gasteiger charge is 2.24. The number of rotatable bonds is 3. The zero-order chi connectivity index (χ0) is 14.7. The van der Waals surface area contributed by atoms with E-state index in [9.17, 15) is 4.79 Å². The Balaban J connectivity index is 1.64. The Labute approximate surface area is 128 Å². The third kappa shape index (κ3) is 3.42. The van der Waals surface area contributed by atoms with Gasteiger partial charge in [0.2, 0.25) is 5.91 Å². The molecule has 0 spiro atoms. The van der Waals surface area contributed by atoms with Crippen LogP contribution in [0.4, 0.5) is 0 Å². The van der Waals surface area contributed by atoms with E-state index in [-0.39, 0.29) is 5.91 Å². The molecule has 0 saturated carbocycles. The third-order valence-electron chi connectivity index (χ3n) is 3.86. The first-order chi connectivity index (χ1) is 10.2. The maximum atomic E-state index is 12.3. The van der Waals surface area contributed by atoms with Crippen molar-refractivity contribution < 1.29 is 4.79 Å². The van der Waals surface area contributed by atoms with Crippen LogP contribution in [0.5, 0.6) is 0 Å². The van der Waals surface area contributed by atoms with Crippen LogP contribution in [0, 0.1) is 0 Å². The number of amides is 1. The van der Waals surface area contributed by atoms with Gasteiger partial charge in [0.15, 0.2) is 0 Å². The van der Waals surface area contributed by atoms with Crippen molar-refractivity contribution in [3.8, 4) is 0 Å². The zero-order valence-electron chi connectivity index (χ0n) is 12.1. The van der Waals surface area contributed by atoms with Gasteiger partial charge in [-0.15, -0.1) is 11.3 Å². The molecular formula is C16H19N3OS. The summed E-state index contributed by atoms with van der Waals surface area (Å²) >= 11 is 1.64. The third-order valence-corrected chi connectivity index (χ3v) is 4.70. The highest BCUT2D eigenvalue weighted by Crippen LogP contribution is 2.26. The summed E-state index contributed by atoms with van der Waals surface area (Å²) < 4.78 is 1.83. The molecule has 1 atom stereocenters. The fourth-order valence-electron chi connectivity index (χ4n) is 2.75. The number of carbonyl (C=O) groups is 1. The SMILES string of the molecule is Cn1cc(C2CCCN(C(=O)/C=C/c3cccs3)C2)cn1. The number of piperidine rings is 1. The van der Waals surface area contributed by atoms with Crippen molar-refractivity contribution in [3.05, 3.63) is 46.4 Å². The van der Waals surface area contributed by atoms with E-state index < -0.39 is 0 Å². The standard InChI is InChI=1S/C16H19N3OS/c1-18-11-14(10-17-18)13-4-2-8-19(12-13)16(20)7-6-15-5-3-9-21-15/h3,5-7,9-11,13H,2,4,8,12H2,1H3/b7-6+. The predicted molar refractivity (Wildman–Crippen MR) is 85.1 cm³/mol. The number of hydrogen-bond donors (Lipinski definition) is 0. The van der Waals surface area contributed by atoms with Gasteiger partial charge in [0.25, 0.3) is 0 Å². The summed E-state index contributed by atoms with van der Waals surface area (Å²) in [6.45, 7) is 1.64. The number of nitrogens with zero attached hydrogens (tertiary/aromatic N) is 3. The van der Waals surface area contributed by atoms with Gasteiger partial charge in [0.05, 0.1) is 6.20 Å². The van der Waals surface area contributed by atoms with Gasteiger partial charge in [0, 0.05) is 43.2 Å². The Morgan fingerprint density at radius 3 is 3.14 bits per heavy atom. The Kier molecular flexibility index (Phi) is 4.20. The highest BCUT2D eigenvalue weighted by molar-refractivity contribution is 7.10. The van der Waals surface area contributed by atoms with Crippen LogP contribution in [0.25, 0.3) is 6.08 Å². The number of aromatic nitrogens is 2. The highest BCUT2D eigenvalue weighted by atomic mass is 32.1. The van der Waals surface area contributed by atoms with Crippen molar-refractivity contribution in [1.82, 2.24) is 14.7 Å². The average Bonchev–Trinajstić information content (AvgIpc) is 3.16. The zero-order valence-corrected chi connectivity index (χ0v) is 12.9. The lowest BCUT2D eigenvalue weighted by molar-refractivity contribution is -0.127. The smallest absolute Gasteiger partial charge is 0.246 e. The van der Waals surface area contributed by atoms with Crippen LogP contribution in [0.2, 0.25) is 0 Å². The molecule has 0 N–H and O–H groups in total. The molecule has 1 aliphatic heterocycles. The van der Waals surface area contributed by atoms with E-state index >= 15 is 0 Å². The first-order valence-corrected chi connectivity index (χ1v) is 8.09. The molecule has 1 amide bonds. The molecule has 0 bridgehead atoms. The van der Waals surface area contributed by atoms with Crippen LogP contribution in [0.1, 0.15) is 29.2 Å². The van der Waals surface area contributed by atoms with E-state index in [0.717, 1.165) is 30.8 Å². The molecule has 5 heteroatoms. The number of likely N-dealkylation sites (tertiary alicyclic amines) is 1. The second-order valence-corrected chi connectivity index (χ2v) is 6.40. The minimum absolute atomic E-state index is 0.108. The summed E-state index contributed by atoms with van der Waals surface area (Å²) in [7, 11) is 1.93. The fraction of sp³-hybridized carbons (Fsp3) is 0.375. The van der Waals surface area contributed by atoms with Crippen LogP contribution < -0.4 is 0 Å². The van der Waals surface area contributed by atoms with Gasteiger partial charge in [-0.1, -0.05) is 6.07 Å². The van der Waals surface area contributed by atoms with Crippen LogP contribution in [0.3, 0.4) is 0 Å². The van der Waals surface area contributed by atoms with Crippen molar-refractivity contribution in [2.45, 2.75) is 18.8 Å². The van der Waals surface area contributed by atoms with Gasteiger partial charge in [-0.2, -0.15) is 5.10 Å². The molecule has 0 radical (unpaired) electrons. The minimum atomic E-state index is 0.108. The van der Waals surface area contributed by atoms with Crippen LogP contribution in [-0.4, -0.2) is 33.7 Å². The Hall–Kier alpha value is -1.88. The summed E-state index contributed by atoms with van der Waals surface area (Å²) in [5, 5.41) is 6.25. The number of hydrogen-bond acceptors (Lipinski definition) is 3. The Morgan fingerprint density at radius 1 is 1.52 bits per heavy atom. The van der Waals surface area contributed by atoms with Crippen molar-refractivity contribution in [2.75, 3.05) is 13.1 Å². The first kappa shape index (κ1) is 14.1. The quantitative estimate of drug-likeness (QED) is 0.818. The maximum Gasteiger partial charge on any atom is 0.246 e. The van der Waals surface area contributed by atoms with Crippen molar-refractivity contribution >= 4 is 23.3 Å². The molecule has 1 saturated heterocycles. The van der Waals surface area contributed by atoms with Crippen LogP contribution in [0.15, 0.2) is 36.0 Å². The lowest BCUT2D eigenvalue weighted by Crippen LogP contribution is -2.38. The molecule has 1 fully saturated rings. The second-order valence-electron chi connectivity index (χ2n) is 5.42. The topological polar surface area (TPSA) is 38.1 Å². The van der Waals surface area contributed by atoms with Crippen molar-refractivity contribution in [1.29, 1.82) is 0 Å². The first-order valence-electron chi connectivity index (χ1n) is 7.21. The number of thiophene rings is 1. The molecule has 3 rings (SSSR count). The fourth-order valence-corrected chi connectivity index (χ4v) is 3.36. The van der Waals surface area contributed by atoms with E-state index in [1.54, 1.807) is 17.4 Å². The second kappa shape index (κ2) is 6.26. The van der Waals surface area contributed by atoms with Crippen molar-refractivity contribution in [2.24, 2.45) is 7.05 Å². The Morgan fingerprint density at radius 2 is 2.43 bits per heavy atom. The summed E-state index contributed by atoms with van der Waals surface area (Å²) in [4.78, 5) is 15.4. The molecule has 1 unspecified atom stereocenters. The Bertz CT molecular complexity index is 630. The normalized spacial score (nSPS) is 19.3. The van der Waals surface area contributed by atoms with Gasteiger partial charge in [-0.25, -0.2) is 0 Å². The molecule has 21 heavy (non-hydrogen) atoms. The summed E-state index contributed by atoms with van der Waals surface area (Å²) in [6, 6.07) is 4.01. The molecule has 1 aliphatic rings. The largest absolute Gasteiger partial charge is 0.339 e. The van der Waals surface area contributed by atoms with E-state index in [2.05, 4.69) is 11.3 Å². The summed E-state index contributed by atoms with van der Waals surface area (Å²) in [6.07, 6.45) is 9.75. The summed E-state index contributed by atoms with van der Waals surface area (Å²) in [5.74, 6) is 0.517. The predicted octanol–water partition coefficient (Wildman–Crippen LogP) is 2.90. The number of aryl methyl sites for hydroxylation is 1. The van der Waals surface area contributed by atoms with E-state index in [4.69, 9.17) is 0 Å². The van der Waals surface area contributed by atoms with Gasteiger partial charge >= 0.3 is 0 Å². The van der Waals surface area contributed by atoms with Crippen molar-refractivity contribution in [3.63, 3.8) is 0 Å². The molecule has 110 valence electrons. The van der Waals surface area contributed by atoms with E-state index in [1.807, 2.05) is 46.4 Å². The van der Waals surface area contributed by atoms with Crippen LogP contribution >= 0.6 is 11.3 Å². The van der Waals surface area contributed by atoms with E-state index in [1.165, 1.54) is 5.56 Å². The van der Waals surface area contributed by atoms with Gasteiger partial charge in [-0.05, 0) is 35.9 Å². The average molecular weight is 301 g/mol. The molecular weight excluding hydrogens is 282 g/mol. The monoisotopic (exact) mass is 301 g/mol. The maximum absolute atomic E-state index is 12.3. The minimum Gasteiger partial charge on any atom is -0.339 e.